The molecular weight excluding hydrogens is 320 g/mol. The lowest BCUT2D eigenvalue weighted by Crippen LogP contribution is -2.38. The molecular formula is C16H15F2N3O3. The molecule has 0 saturated carbocycles. The maximum absolute atomic E-state index is 13.2. The highest BCUT2D eigenvalue weighted by Crippen LogP contribution is 2.30. The molecule has 0 atom stereocenters. The second-order valence-electron chi connectivity index (χ2n) is 4.68. The smallest absolute Gasteiger partial charge is 0.314 e. The van der Waals surface area contributed by atoms with Crippen molar-refractivity contribution in [1.82, 2.24) is 10.6 Å². The molecule has 0 heterocycles. The second kappa shape index (κ2) is 7.91. The molecule has 0 bridgehead atoms. The molecule has 2 rings (SSSR count). The molecule has 0 aliphatic carbocycles. The summed E-state index contributed by atoms with van der Waals surface area (Å²) in [5.41, 5.74) is 0.297. The number of hydrogen-bond acceptors (Lipinski definition) is 3. The number of halogens is 2. The van der Waals surface area contributed by atoms with Gasteiger partial charge in [-0.2, -0.15) is 0 Å². The quantitative estimate of drug-likeness (QED) is 0.786. The van der Waals surface area contributed by atoms with E-state index in [4.69, 9.17) is 4.74 Å². The molecule has 0 aromatic heterocycles. The molecule has 2 aromatic carbocycles. The molecule has 0 radical (unpaired) electrons. The average molecular weight is 335 g/mol. The molecule has 8 heteroatoms. The highest BCUT2D eigenvalue weighted by atomic mass is 19.1. The number of para-hydroxylation sites is 2. The van der Waals surface area contributed by atoms with Gasteiger partial charge in [0.05, 0.1) is 12.2 Å². The molecule has 6 nitrogen and oxygen atoms in total. The van der Waals surface area contributed by atoms with Crippen LogP contribution in [-0.2, 0) is 4.79 Å². The average Bonchev–Trinajstić information content (AvgIpc) is 2.53. The third kappa shape index (κ3) is 4.94. The lowest BCUT2D eigenvalue weighted by Gasteiger charge is -2.12. The summed E-state index contributed by atoms with van der Waals surface area (Å²) in [6.45, 7) is -0.247. The van der Waals surface area contributed by atoms with Crippen LogP contribution in [0.3, 0.4) is 0 Å². The van der Waals surface area contributed by atoms with Gasteiger partial charge in [-0.3, -0.25) is 4.79 Å². The van der Waals surface area contributed by atoms with E-state index >= 15 is 0 Å². The topological polar surface area (TPSA) is 79.5 Å². The fourth-order valence-corrected chi connectivity index (χ4v) is 1.82. The first kappa shape index (κ1) is 17.2. The molecule has 2 aromatic rings. The largest absolute Gasteiger partial charge is 0.455 e. The molecule has 3 N–H and O–H groups in total. The van der Waals surface area contributed by atoms with Crippen LogP contribution in [-0.4, -0.2) is 25.5 Å². The summed E-state index contributed by atoms with van der Waals surface area (Å²) < 4.78 is 31.9. The summed E-state index contributed by atoms with van der Waals surface area (Å²) in [5, 5.41) is 7.19. The lowest BCUT2D eigenvalue weighted by atomic mass is 10.2. The van der Waals surface area contributed by atoms with Gasteiger partial charge in [-0.25, -0.2) is 13.6 Å². The van der Waals surface area contributed by atoms with Crippen LogP contribution in [0.5, 0.6) is 11.5 Å². The number of benzene rings is 2. The van der Waals surface area contributed by atoms with Crippen molar-refractivity contribution >= 4 is 17.6 Å². The highest BCUT2D eigenvalue weighted by molar-refractivity contribution is 5.95. The zero-order valence-corrected chi connectivity index (χ0v) is 12.7. The van der Waals surface area contributed by atoms with Gasteiger partial charge in [-0.05, 0) is 12.1 Å². The number of carbonyl (C=O) groups is 2. The van der Waals surface area contributed by atoms with Gasteiger partial charge in [0, 0.05) is 25.2 Å². The Labute approximate surface area is 136 Å². The summed E-state index contributed by atoms with van der Waals surface area (Å²) >= 11 is 0. The molecule has 126 valence electrons. The number of hydrogen-bond donors (Lipinski definition) is 3. The minimum absolute atomic E-state index is 0.0438. The van der Waals surface area contributed by atoms with Crippen LogP contribution in [0.2, 0.25) is 0 Å². The number of nitrogens with one attached hydrogen (secondary N) is 3. The molecule has 0 aliphatic heterocycles. The fourth-order valence-electron chi connectivity index (χ4n) is 1.82. The van der Waals surface area contributed by atoms with Crippen molar-refractivity contribution in [3.05, 3.63) is 54.1 Å². The Morgan fingerprint density at radius 3 is 2.42 bits per heavy atom. The van der Waals surface area contributed by atoms with Crippen molar-refractivity contribution in [2.24, 2.45) is 0 Å². The van der Waals surface area contributed by atoms with Crippen LogP contribution in [0.15, 0.2) is 42.5 Å². The van der Waals surface area contributed by atoms with Crippen molar-refractivity contribution in [2.75, 3.05) is 18.9 Å². The van der Waals surface area contributed by atoms with Crippen LogP contribution in [0.4, 0.5) is 19.3 Å². The lowest BCUT2D eigenvalue weighted by molar-refractivity contribution is -0.115. The maximum atomic E-state index is 13.2. The third-order valence-corrected chi connectivity index (χ3v) is 2.86. The SMILES string of the molecule is CNC(=O)NCC(=O)Nc1ccccc1Oc1cc(F)cc(F)c1. The van der Waals surface area contributed by atoms with Crippen molar-refractivity contribution in [2.45, 2.75) is 0 Å². The van der Waals surface area contributed by atoms with E-state index in [1.165, 1.54) is 13.1 Å². The van der Waals surface area contributed by atoms with E-state index in [0.717, 1.165) is 18.2 Å². The minimum atomic E-state index is -0.777. The molecule has 0 unspecified atom stereocenters. The van der Waals surface area contributed by atoms with E-state index in [9.17, 15) is 18.4 Å². The van der Waals surface area contributed by atoms with E-state index in [0.29, 0.717) is 5.69 Å². The van der Waals surface area contributed by atoms with Gasteiger partial charge in [0.1, 0.15) is 17.4 Å². The van der Waals surface area contributed by atoms with Crippen LogP contribution in [0.1, 0.15) is 0 Å². The molecule has 0 fully saturated rings. The Balaban J connectivity index is 2.09. The first-order chi connectivity index (χ1) is 11.5. The van der Waals surface area contributed by atoms with Crippen LogP contribution in [0.25, 0.3) is 0 Å². The van der Waals surface area contributed by atoms with Crippen molar-refractivity contribution < 1.29 is 23.1 Å². The van der Waals surface area contributed by atoms with E-state index < -0.39 is 23.6 Å². The molecule has 0 spiro atoms. The number of urea groups is 1. The summed E-state index contributed by atoms with van der Waals surface area (Å²) in [6, 6.07) is 8.66. The number of amides is 3. The Kier molecular flexibility index (Phi) is 5.67. The molecule has 0 saturated heterocycles. The van der Waals surface area contributed by atoms with Gasteiger partial charge in [0.15, 0.2) is 5.75 Å². The Hall–Kier alpha value is -3.16. The van der Waals surface area contributed by atoms with Crippen molar-refractivity contribution in [3.63, 3.8) is 0 Å². The molecule has 24 heavy (non-hydrogen) atoms. The first-order valence-corrected chi connectivity index (χ1v) is 6.96. The molecule has 3 amide bonds. The number of anilines is 1. The number of ether oxygens (including phenoxy) is 1. The van der Waals surface area contributed by atoms with Crippen molar-refractivity contribution in [1.29, 1.82) is 0 Å². The minimum Gasteiger partial charge on any atom is -0.455 e. The predicted octanol–water partition coefficient (Wildman–Crippen LogP) is 2.62. The highest BCUT2D eigenvalue weighted by Gasteiger charge is 2.10. The summed E-state index contributed by atoms with van der Waals surface area (Å²) in [5.74, 6) is -1.88. The maximum Gasteiger partial charge on any atom is 0.314 e. The van der Waals surface area contributed by atoms with Gasteiger partial charge in [-0.15, -0.1) is 0 Å². The first-order valence-electron chi connectivity index (χ1n) is 6.96. The normalized spacial score (nSPS) is 9.96. The van der Waals surface area contributed by atoms with Crippen LogP contribution >= 0.6 is 0 Å². The van der Waals surface area contributed by atoms with Crippen LogP contribution in [0, 0.1) is 11.6 Å². The van der Waals surface area contributed by atoms with Gasteiger partial charge >= 0.3 is 6.03 Å². The second-order valence-corrected chi connectivity index (χ2v) is 4.68. The molecule has 0 aliphatic rings. The zero-order chi connectivity index (χ0) is 17.5. The summed E-state index contributed by atoms with van der Waals surface area (Å²) in [4.78, 5) is 22.9. The Morgan fingerprint density at radius 1 is 1.08 bits per heavy atom. The fraction of sp³-hybridized carbons (Fsp3) is 0.125. The van der Waals surface area contributed by atoms with Gasteiger partial charge in [-0.1, -0.05) is 12.1 Å². The van der Waals surface area contributed by atoms with E-state index in [1.807, 2.05) is 0 Å². The zero-order valence-electron chi connectivity index (χ0n) is 12.7. The van der Waals surface area contributed by atoms with E-state index in [2.05, 4.69) is 16.0 Å². The van der Waals surface area contributed by atoms with E-state index in [-0.39, 0.29) is 18.0 Å². The third-order valence-electron chi connectivity index (χ3n) is 2.86. The Bertz CT molecular complexity index is 733. The van der Waals surface area contributed by atoms with Gasteiger partial charge in [0.2, 0.25) is 5.91 Å². The van der Waals surface area contributed by atoms with Gasteiger partial charge in [0.25, 0.3) is 0 Å². The summed E-state index contributed by atoms with van der Waals surface area (Å²) in [6.07, 6.45) is 0. The standard InChI is InChI=1S/C16H15F2N3O3/c1-19-16(23)20-9-15(22)21-13-4-2-3-5-14(13)24-12-7-10(17)6-11(18)8-12/h2-8H,9H2,1H3,(H,21,22)(H2,19,20,23). The monoisotopic (exact) mass is 335 g/mol. The van der Waals surface area contributed by atoms with Crippen LogP contribution < -0.4 is 20.7 Å². The summed E-state index contributed by atoms with van der Waals surface area (Å²) in [7, 11) is 1.43. The van der Waals surface area contributed by atoms with Crippen molar-refractivity contribution in [3.8, 4) is 11.5 Å². The number of carbonyl (C=O) groups excluding carboxylic acids is 2. The predicted molar refractivity (Wildman–Crippen MR) is 84.0 cm³/mol. The number of rotatable bonds is 5. The van der Waals surface area contributed by atoms with E-state index in [1.54, 1.807) is 18.2 Å². The van der Waals surface area contributed by atoms with Gasteiger partial charge < -0.3 is 20.7 Å². The Morgan fingerprint density at radius 2 is 1.75 bits per heavy atom.